The second kappa shape index (κ2) is 18.0. The first-order chi connectivity index (χ1) is 15.0. The van der Waals surface area contributed by atoms with Gasteiger partial charge in [0.15, 0.2) is 0 Å². The monoisotopic (exact) mass is 439 g/mol. The van der Waals surface area contributed by atoms with Crippen LogP contribution < -0.4 is 27.0 Å². The van der Waals surface area contributed by atoms with Gasteiger partial charge in [0.25, 0.3) is 0 Å². The van der Waals surface area contributed by atoms with Gasteiger partial charge in [-0.15, -0.1) is 0 Å². The van der Waals surface area contributed by atoms with Crippen molar-refractivity contribution in [1.29, 1.82) is 0 Å². The van der Waals surface area contributed by atoms with Crippen LogP contribution >= 0.6 is 0 Å². The van der Waals surface area contributed by atoms with Crippen LogP contribution in [-0.2, 0) is 14.4 Å². The number of hydrogen-bond donors (Lipinski definition) is 5. The number of hydrogen-bond acceptors (Lipinski definition) is 5. The van der Waals surface area contributed by atoms with Crippen molar-refractivity contribution in [3.63, 3.8) is 0 Å². The van der Waals surface area contributed by atoms with Gasteiger partial charge >= 0.3 is 0 Å². The summed E-state index contributed by atoms with van der Waals surface area (Å²) in [6, 6.07) is -0.504. The van der Waals surface area contributed by atoms with Gasteiger partial charge in [0.05, 0.1) is 0 Å². The molecule has 0 aromatic carbocycles. The van der Waals surface area contributed by atoms with Crippen LogP contribution in [0.3, 0.4) is 0 Å². The molecule has 0 spiro atoms. The molecule has 0 aromatic rings. The maximum Gasteiger partial charge on any atom is 0.242 e. The van der Waals surface area contributed by atoms with Gasteiger partial charge in [-0.05, 0) is 71.5 Å². The summed E-state index contributed by atoms with van der Waals surface area (Å²) < 4.78 is 0. The van der Waals surface area contributed by atoms with Gasteiger partial charge in [0.2, 0.25) is 17.7 Å². The molecule has 1 aliphatic carbocycles. The van der Waals surface area contributed by atoms with Crippen molar-refractivity contribution in [3.8, 4) is 0 Å². The summed E-state index contributed by atoms with van der Waals surface area (Å²) >= 11 is 0. The topological polar surface area (TPSA) is 125 Å². The number of rotatable bonds is 17. The average Bonchev–Trinajstić information content (AvgIpc) is 2.78. The summed E-state index contributed by atoms with van der Waals surface area (Å²) in [6.07, 6.45) is 11.4. The molecule has 0 radical (unpaired) electrons. The molecule has 1 fully saturated rings. The predicted octanol–water partition coefficient (Wildman–Crippen LogP) is 1.58. The van der Waals surface area contributed by atoms with Crippen LogP contribution in [0.1, 0.15) is 84.0 Å². The summed E-state index contributed by atoms with van der Waals surface area (Å²) in [5, 5.41) is 12.0. The summed E-state index contributed by atoms with van der Waals surface area (Å²) in [7, 11) is 0. The SMILES string of the molecule is CC(NC(=O)C1CCCCC1)C(=O)NCCCCCC(=O)NCCCNCCCCN. The van der Waals surface area contributed by atoms with Gasteiger partial charge in [-0.1, -0.05) is 25.7 Å². The molecule has 1 rings (SSSR count). The largest absolute Gasteiger partial charge is 0.356 e. The van der Waals surface area contributed by atoms with Gasteiger partial charge in [-0.3, -0.25) is 14.4 Å². The predicted molar refractivity (Wildman–Crippen MR) is 124 cm³/mol. The van der Waals surface area contributed by atoms with Crippen molar-refractivity contribution in [1.82, 2.24) is 21.3 Å². The van der Waals surface area contributed by atoms with Crippen molar-refractivity contribution < 1.29 is 14.4 Å². The Morgan fingerprint density at radius 1 is 0.839 bits per heavy atom. The number of nitrogens with one attached hydrogen (secondary N) is 4. The van der Waals surface area contributed by atoms with Gasteiger partial charge in [0.1, 0.15) is 6.04 Å². The second-order valence-electron chi connectivity index (χ2n) is 8.62. The lowest BCUT2D eigenvalue weighted by Gasteiger charge is -2.23. The summed E-state index contributed by atoms with van der Waals surface area (Å²) in [5.74, 6) is 0.0215. The molecular formula is C23H45N5O3. The third-order valence-corrected chi connectivity index (χ3v) is 5.77. The van der Waals surface area contributed by atoms with Crippen LogP contribution in [0.15, 0.2) is 0 Å². The Balaban J connectivity index is 1.94. The lowest BCUT2D eigenvalue weighted by atomic mass is 9.88. The van der Waals surface area contributed by atoms with E-state index in [0.29, 0.717) is 19.5 Å². The Bertz CT molecular complexity index is 509. The number of carbonyl (C=O) groups excluding carboxylic acids is 3. The molecule has 1 saturated carbocycles. The standard InChI is InChI=1S/C23H45N5O3/c1-19(28-23(31)20-11-4-2-5-12-20)22(30)27-17-8-3-6-13-21(29)26-18-10-16-25-15-9-7-14-24/h19-20,25H,2-18,24H2,1H3,(H,26,29)(H,27,30)(H,28,31). The van der Waals surface area contributed by atoms with Gasteiger partial charge in [0, 0.05) is 25.4 Å². The van der Waals surface area contributed by atoms with Crippen LogP contribution in [0.25, 0.3) is 0 Å². The smallest absolute Gasteiger partial charge is 0.242 e. The highest BCUT2D eigenvalue weighted by atomic mass is 16.2. The molecule has 31 heavy (non-hydrogen) atoms. The second-order valence-corrected chi connectivity index (χ2v) is 8.62. The molecule has 0 saturated heterocycles. The average molecular weight is 440 g/mol. The van der Waals surface area contributed by atoms with Crippen molar-refractivity contribution in [2.75, 3.05) is 32.7 Å². The molecule has 1 atom stereocenters. The number of amides is 3. The van der Waals surface area contributed by atoms with Crippen LogP contribution in [0, 0.1) is 5.92 Å². The first kappa shape index (κ1) is 27.4. The first-order valence-electron chi connectivity index (χ1n) is 12.3. The van der Waals surface area contributed by atoms with Crippen LogP contribution in [0.2, 0.25) is 0 Å². The van der Waals surface area contributed by atoms with E-state index in [1.807, 2.05) is 0 Å². The normalized spacial score (nSPS) is 15.3. The van der Waals surface area contributed by atoms with E-state index in [1.54, 1.807) is 6.92 Å². The van der Waals surface area contributed by atoms with Gasteiger partial charge in [-0.25, -0.2) is 0 Å². The Labute approximate surface area is 188 Å². The highest BCUT2D eigenvalue weighted by Gasteiger charge is 2.24. The van der Waals surface area contributed by atoms with Crippen molar-refractivity contribution >= 4 is 17.7 Å². The molecule has 0 heterocycles. The fourth-order valence-electron chi connectivity index (χ4n) is 3.76. The number of unbranched alkanes of at least 4 members (excludes halogenated alkanes) is 3. The van der Waals surface area contributed by atoms with Crippen molar-refractivity contribution in [3.05, 3.63) is 0 Å². The molecule has 3 amide bonds. The molecule has 1 unspecified atom stereocenters. The number of carbonyl (C=O) groups is 3. The molecule has 8 heteroatoms. The Kier molecular flexibility index (Phi) is 15.8. The van der Waals surface area contributed by atoms with E-state index < -0.39 is 6.04 Å². The zero-order chi connectivity index (χ0) is 22.7. The minimum absolute atomic E-state index is 0.00994. The highest BCUT2D eigenvalue weighted by Crippen LogP contribution is 2.23. The Hall–Kier alpha value is -1.67. The Morgan fingerprint density at radius 2 is 1.52 bits per heavy atom. The lowest BCUT2D eigenvalue weighted by Crippen LogP contribution is -2.47. The minimum atomic E-state index is -0.504. The molecule has 6 N–H and O–H groups in total. The third-order valence-electron chi connectivity index (χ3n) is 5.77. The first-order valence-corrected chi connectivity index (χ1v) is 12.3. The van der Waals surface area contributed by atoms with E-state index in [4.69, 9.17) is 5.73 Å². The van der Waals surface area contributed by atoms with Crippen LogP contribution in [0.4, 0.5) is 0 Å². The molecular weight excluding hydrogens is 394 g/mol. The van der Waals surface area contributed by atoms with Gasteiger partial charge in [-0.2, -0.15) is 0 Å². The summed E-state index contributed by atoms with van der Waals surface area (Å²) in [6.45, 7) is 5.62. The van der Waals surface area contributed by atoms with E-state index >= 15 is 0 Å². The zero-order valence-electron chi connectivity index (χ0n) is 19.5. The molecule has 1 aliphatic rings. The van der Waals surface area contributed by atoms with Gasteiger partial charge < -0.3 is 27.0 Å². The molecule has 0 aromatic heterocycles. The molecule has 0 bridgehead atoms. The van der Waals surface area contributed by atoms with Crippen molar-refractivity contribution in [2.24, 2.45) is 11.7 Å². The van der Waals surface area contributed by atoms with Crippen LogP contribution in [0.5, 0.6) is 0 Å². The molecule has 180 valence electrons. The zero-order valence-corrected chi connectivity index (χ0v) is 19.5. The Morgan fingerprint density at radius 3 is 2.26 bits per heavy atom. The van der Waals surface area contributed by atoms with E-state index in [1.165, 1.54) is 6.42 Å². The maximum atomic E-state index is 12.2. The summed E-state index contributed by atoms with van der Waals surface area (Å²) in [4.78, 5) is 36.2. The van der Waals surface area contributed by atoms with E-state index in [0.717, 1.165) is 83.8 Å². The fraction of sp³-hybridized carbons (Fsp3) is 0.870. The lowest BCUT2D eigenvalue weighted by molar-refractivity contribution is -0.131. The third kappa shape index (κ3) is 14.1. The highest BCUT2D eigenvalue weighted by molar-refractivity contribution is 5.88. The fourth-order valence-corrected chi connectivity index (χ4v) is 3.76. The van der Waals surface area contributed by atoms with E-state index in [9.17, 15) is 14.4 Å². The summed E-state index contributed by atoms with van der Waals surface area (Å²) in [5.41, 5.74) is 5.45. The maximum absolute atomic E-state index is 12.2. The van der Waals surface area contributed by atoms with Crippen molar-refractivity contribution in [2.45, 2.75) is 90.0 Å². The minimum Gasteiger partial charge on any atom is -0.356 e. The number of nitrogens with two attached hydrogens (primary N) is 1. The van der Waals surface area contributed by atoms with E-state index in [-0.39, 0.29) is 23.6 Å². The molecule has 8 nitrogen and oxygen atoms in total. The van der Waals surface area contributed by atoms with E-state index in [2.05, 4.69) is 21.3 Å². The molecule has 0 aliphatic heterocycles. The quantitative estimate of drug-likeness (QED) is 0.220. The van der Waals surface area contributed by atoms with Crippen LogP contribution in [-0.4, -0.2) is 56.5 Å².